The summed E-state index contributed by atoms with van der Waals surface area (Å²) in [6.45, 7) is 12.7. The van der Waals surface area contributed by atoms with E-state index in [2.05, 4.69) is 39.4 Å². The number of rotatable bonds is 18. The van der Waals surface area contributed by atoms with Crippen LogP contribution < -0.4 is 132 Å². The van der Waals surface area contributed by atoms with Crippen molar-refractivity contribution in [1.29, 1.82) is 0 Å². The van der Waals surface area contributed by atoms with Crippen LogP contribution in [0.2, 0.25) is 15.9 Å². The van der Waals surface area contributed by atoms with Crippen LogP contribution in [0.15, 0.2) is 68.8 Å². The van der Waals surface area contributed by atoms with Crippen LogP contribution in [0.1, 0.15) is 53.4 Å². The number of benzene rings is 3. The summed E-state index contributed by atoms with van der Waals surface area (Å²) in [5, 5.41) is 10.1. The van der Waals surface area contributed by atoms with E-state index in [1.54, 1.807) is 21.9 Å². The number of nitrogens with zero attached hydrogens (tertiary/aromatic N) is 11. The summed E-state index contributed by atoms with van der Waals surface area (Å²) in [5.41, 5.74) is 1.86. The second-order valence-electron chi connectivity index (χ2n) is 17.3. The molecule has 2 aromatic carbocycles. The van der Waals surface area contributed by atoms with E-state index in [-0.39, 0.29) is 209 Å². The minimum Gasteiger partial charge on any atom is -0.481 e. The van der Waals surface area contributed by atoms with E-state index in [1.807, 2.05) is 52.0 Å². The van der Waals surface area contributed by atoms with Crippen molar-refractivity contribution in [2.24, 2.45) is 0 Å². The Morgan fingerprint density at radius 1 is 0.692 bits per heavy atom. The molecule has 0 spiro atoms. The van der Waals surface area contributed by atoms with Crippen LogP contribution in [0.4, 0.5) is 23.5 Å². The van der Waals surface area contributed by atoms with Crippen LogP contribution in [-0.4, -0.2) is 161 Å². The molecule has 0 amide bonds. The van der Waals surface area contributed by atoms with Gasteiger partial charge in [-0.3, -0.25) is 9.35 Å². The zero-order chi connectivity index (χ0) is 54.6. The Kier molecular flexibility index (Phi) is 26.8. The quantitative estimate of drug-likeness (QED) is 0.0394. The minimum atomic E-state index is -5.40. The number of sulfonamides is 1. The van der Waals surface area contributed by atoms with Gasteiger partial charge in [0.2, 0.25) is 39.1 Å². The smallest absolute Gasteiger partial charge is 0.481 e. The van der Waals surface area contributed by atoms with Crippen molar-refractivity contribution in [3.05, 3.63) is 75.8 Å². The van der Waals surface area contributed by atoms with E-state index < -0.39 is 47.1 Å². The Bertz CT molecular complexity index is 3250. The number of ether oxygens (including phenoxy) is 3. The van der Waals surface area contributed by atoms with Gasteiger partial charge in [-0.05, 0) is 99.6 Å². The van der Waals surface area contributed by atoms with Gasteiger partial charge >= 0.3 is 109 Å². The molecular formula is C49H61Cl3K2N11O11S2+3. The minimum absolute atomic E-state index is 0. The molecule has 78 heavy (non-hydrogen) atoms. The maximum Gasteiger partial charge on any atom is 1.00 e. The van der Waals surface area contributed by atoms with Crippen LogP contribution in [0, 0.1) is 0 Å². The van der Waals surface area contributed by atoms with Crippen molar-refractivity contribution >= 4 is 95.4 Å². The summed E-state index contributed by atoms with van der Waals surface area (Å²) < 4.78 is 97.8. The molecule has 0 bridgehead atoms. The monoisotopic (exact) mass is 1230 g/mol. The molecule has 7 rings (SSSR count). The maximum atomic E-state index is 15.5. The fourth-order valence-electron chi connectivity index (χ4n) is 8.85. The molecule has 2 aromatic heterocycles. The third-order valence-corrected chi connectivity index (χ3v) is 16.0. The predicted octanol–water partition coefficient (Wildman–Crippen LogP) is 0.664. The van der Waals surface area contributed by atoms with Gasteiger partial charge in [-0.25, -0.2) is 17.3 Å². The number of aromatic nitrogens is 6. The van der Waals surface area contributed by atoms with E-state index in [0.29, 0.717) is 73.7 Å². The molecule has 0 saturated carbocycles. The molecule has 0 atom stereocenters. The van der Waals surface area contributed by atoms with E-state index in [1.165, 1.54) is 12.1 Å². The molecule has 4 aromatic rings. The largest absolute Gasteiger partial charge is 1.00 e. The number of carbonyl (C=O) groups is 1. The van der Waals surface area contributed by atoms with Crippen molar-refractivity contribution in [3.8, 4) is 22.5 Å². The molecule has 4 heterocycles. The first kappa shape index (κ1) is 66.5. The van der Waals surface area contributed by atoms with Gasteiger partial charge in [0.05, 0.1) is 45.7 Å². The van der Waals surface area contributed by atoms with Crippen molar-refractivity contribution in [2.75, 3.05) is 118 Å². The number of anilines is 4. The number of hydrogen-bond acceptors (Lipinski definition) is 18. The summed E-state index contributed by atoms with van der Waals surface area (Å²) in [6.07, 6.45) is 0.363. The Morgan fingerprint density at radius 2 is 1.27 bits per heavy atom. The summed E-state index contributed by atoms with van der Waals surface area (Å²) in [6, 6.07) is 15.0. The van der Waals surface area contributed by atoms with Gasteiger partial charge in [0.25, 0.3) is 20.1 Å². The molecule has 410 valence electrons. The summed E-state index contributed by atoms with van der Waals surface area (Å²) in [4.78, 5) is 40.8. The molecular weight excluding hydrogens is 1170 g/mol. The molecule has 1 aliphatic carbocycles. The zero-order valence-corrected chi connectivity index (χ0v) is 54.7. The van der Waals surface area contributed by atoms with Crippen LogP contribution >= 0.6 is 34.8 Å². The Hall–Kier alpha value is -2.30. The van der Waals surface area contributed by atoms with Crippen molar-refractivity contribution in [1.82, 2.24) is 34.5 Å². The van der Waals surface area contributed by atoms with Crippen LogP contribution in [-0.2, 0) is 39.1 Å². The van der Waals surface area contributed by atoms with Gasteiger partial charge in [-0.15, -0.1) is 0 Å². The molecule has 22 nitrogen and oxygen atoms in total. The van der Waals surface area contributed by atoms with E-state index in [9.17, 15) is 22.9 Å². The van der Waals surface area contributed by atoms with E-state index in [0.717, 1.165) is 21.4 Å². The molecule has 1 saturated heterocycles. The second-order valence-corrected chi connectivity index (χ2v) is 21.5. The topological polar surface area (TPSA) is 260 Å². The molecule has 1 fully saturated rings. The fourth-order valence-corrected chi connectivity index (χ4v) is 12.3. The summed E-state index contributed by atoms with van der Waals surface area (Å²) in [7, 11) is -10.5. The van der Waals surface area contributed by atoms with Gasteiger partial charge in [0.1, 0.15) is 34.2 Å². The maximum absolute atomic E-state index is 15.5. The number of hydrogen-bond donors (Lipinski definition) is 2. The average Bonchev–Trinajstić information content (AvgIpc) is 3.47. The van der Waals surface area contributed by atoms with Gasteiger partial charge in [0.15, 0.2) is 0 Å². The summed E-state index contributed by atoms with van der Waals surface area (Å²) in [5.74, 6) is -0.946. The first-order chi connectivity index (χ1) is 36.5. The number of aliphatic carboxylic acids is 1. The number of carboxylic acid groups (broad SMARTS) is 1. The number of fused-ring (bicyclic) bond motifs is 2. The number of unbranched alkanes of at least 4 members (excludes halogenated alkanes) is 2. The Labute approximate surface area is 554 Å². The number of halogens is 3. The average molecular weight is 1230 g/mol. The third-order valence-electron chi connectivity index (χ3n) is 12.6. The molecule has 2 aliphatic heterocycles. The van der Waals surface area contributed by atoms with E-state index >= 15 is 8.42 Å². The van der Waals surface area contributed by atoms with E-state index in [4.69, 9.17) is 53.4 Å². The Balaban J connectivity index is 0.00000560. The van der Waals surface area contributed by atoms with Crippen LogP contribution in [0.3, 0.4) is 0 Å². The molecule has 3 aliphatic rings. The Morgan fingerprint density at radius 3 is 1.83 bits per heavy atom. The van der Waals surface area contributed by atoms with Gasteiger partial charge in [0, 0.05) is 92.1 Å². The first-order valence-electron chi connectivity index (χ1n) is 24.9. The van der Waals surface area contributed by atoms with Gasteiger partial charge < -0.3 is 38.4 Å². The molecule has 0 radical (unpaired) electrons. The predicted molar refractivity (Wildman–Crippen MR) is 290 cm³/mol. The van der Waals surface area contributed by atoms with Gasteiger partial charge in [-0.1, -0.05) is 18.6 Å². The molecule has 29 heteroatoms. The van der Waals surface area contributed by atoms with Crippen LogP contribution in [0.5, 0.6) is 0 Å². The summed E-state index contributed by atoms with van der Waals surface area (Å²) >= 11 is 18.8. The molecule has 2 N–H and O–H groups in total. The van der Waals surface area contributed by atoms with Gasteiger partial charge in [-0.2, -0.15) is 38.3 Å². The third kappa shape index (κ3) is 17.2. The van der Waals surface area contributed by atoms with Crippen molar-refractivity contribution in [3.63, 3.8) is 0 Å². The first-order valence-corrected chi connectivity index (χ1v) is 28.9. The van der Waals surface area contributed by atoms with Crippen molar-refractivity contribution in [2.45, 2.75) is 63.2 Å². The molecule has 0 unspecified atom stereocenters. The normalized spacial score (nSPS) is 14.3. The second kappa shape index (κ2) is 31.4. The zero-order valence-electron chi connectivity index (χ0n) is 44.6. The van der Waals surface area contributed by atoms with Crippen molar-refractivity contribution < 1.29 is 153 Å². The standard InChI is InChI=1S/C49H60Cl3N11O11S2.2K/c1-5-59(6-2)33-16-18-35-38(31-33)74-39-32-34(60(7-3)8-4)17-19-36(39)42(35)37-13-12-14-40(43(37)76(68,69)70)75(66,67)63(20-11-9-10-15-41(64)65)49-57-46(52)56-48(58-49)62-22-26-71-25-21-61(23-27-72-29-30-73-28-24-62)47-54-44(50)53-45(51)55-47;;/h12-14,16-19,31-32H,5-11,15,20-30H2,1-4H3,(H-,64,65,68,69,70);;/q;2*+1/p+1. The SMILES string of the molecule is CCN(CC)c1ccc2c(-c3cccc(S(=O)(=O)N(CCCCCC(=O)O)c4nc(Cl)nc(N5CCOCCOCCN(c6nc(Cl)nc(Cl)n6)CCOCC5)n4)c3S(=O)(=O)O)c3ccc(=[N+](CC)CC)cc-3oc2c1.[K+].[K+]. The number of carboxylic acids is 1. The van der Waals surface area contributed by atoms with Crippen LogP contribution in [0.25, 0.3) is 33.4 Å². The fraction of sp³-hybridized carbons (Fsp3) is 0.469.